The molecule has 1 saturated heterocycles. The molecule has 0 saturated carbocycles. The van der Waals surface area contributed by atoms with E-state index < -0.39 is 0 Å². The summed E-state index contributed by atoms with van der Waals surface area (Å²) in [7, 11) is 0. The van der Waals surface area contributed by atoms with Gasteiger partial charge >= 0.3 is 5.97 Å². The molecule has 0 bridgehead atoms. The van der Waals surface area contributed by atoms with Crippen LogP contribution in [-0.2, 0) is 4.79 Å². The Balaban J connectivity index is 0.00000242. The Morgan fingerprint density at radius 1 is 1.27 bits per heavy atom. The zero-order chi connectivity index (χ0) is 15.1. The van der Waals surface area contributed by atoms with Crippen LogP contribution in [0, 0.1) is 11.3 Å². The summed E-state index contributed by atoms with van der Waals surface area (Å²) in [6, 6.07) is 9.17. The highest BCUT2D eigenvalue weighted by atomic mass is 35.5. The van der Waals surface area contributed by atoms with E-state index in [-0.39, 0.29) is 24.3 Å². The summed E-state index contributed by atoms with van der Waals surface area (Å²) in [5, 5.41) is 7.40. The fourth-order valence-corrected chi connectivity index (χ4v) is 2.67. The van der Waals surface area contributed by atoms with Crippen LogP contribution in [0.25, 0.3) is 0 Å². The van der Waals surface area contributed by atoms with Gasteiger partial charge in [0, 0.05) is 19.5 Å². The summed E-state index contributed by atoms with van der Waals surface area (Å²) in [4.78, 5) is 13.6. The lowest BCUT2D eigenvalue weighted by molar-refractivity contribution is -0.134. The molecule has 1 aromatic carbocycles. The van der Waals surface area contributed by atoms with E-state index in [1.807, 2.05) is 23.1 Å². The minimum Gasteiger partial charge on any atom is -0.427 e. The zero-order valence-corrected chi connectivity index (χ0v) is 13.5. The highest BCUT2D eigenvalue weighted by Crippen LogP contribution is 2.22. The Bertz CT molecular complexity index is 474. The van der Waals surface area contributed by atoms with E-state index in [1.165, 1.54) is 0 Å². The molecule has 22 heavy (non-hydrogen) atoms. The summed E-state index contributed by atoms with van der Waals surface area (Å²) < 4.78 is 5.26. The number of hydrogen-bond donors (Lipinski definition) is 2. The number of likely N-dealkylation sites (tertiary alicyclic amines) is 1. The van der Waals surface area contributed by atoms with Crippen LogP contribution in [0.5, 0.6) is 5.75 Å². The largest absolute Gasteiger partial charge is 0.427 e. The van der Waals surface area contributed by atoms with Crippen LogP contribution in [0.3, 0.4) is 0 Å². The average Bonchev–Trinajstić information content (AvgIpc) is 2.49. The number of para-hydroxylation sites is 1. The van der Waals surface area contributed by atoms with Gasteiger partial charge in [-0.25, -0.2) is 0 Å². The third-order valence-electron chi connectivity index (χ3n) is 3.92. The molecule has 1 fully saturated rings. The van der Waals surface area contributed by atoms with Gasteiger partial charge in [0.25, 0.3) is 0 Å². The number of esters is 1. The molecule has 6 heteroatoms. The van der Waals surface area contributed by atoms with E-state index in [1.54, 1.807) is 12.1 Å². The van der Waals surface area contributed by atoms with E-state index in [2.05, 4.69) is 0 Å². The maximum absolute atomic E-state index is 11.7. The lowest BCUT2D eigenvalue weighted by atomic mass is 9.92. The Kier molecular flexibility index (Phi) is 7.74. The first-order valence-corrected chi connectivity index (χ1v) is 7.50. The van der Waals surface area contributed by atoms with Gasteiger partial charge < -0.3 is 15.4 Å². The first-order chi connectivity index (χ1) is 10.1. The average molecular weight is 326 g/mol. The quantitative estimate of drug-likeness (QED) is 0.377. The molecule has 0 atom stereocenters. The fraction of sp³-hybridized carbons (Fsp3) is 0.500. The molecule has 1 aliphatic heterocycles. The first kappa shape index (κ1) is 18.3. The van der Waals surface area contributed by atoms with Crippen molar-refractivity contribution < 1.29 is 9.53 Å². The van der Waals surface area contributed by atoms with E-state index >= 15 is 0 Å². The van der Waals surface area contributed by atoms with Crippen molar-refractivity contribution in [2.24, 2.45) is 11.7 Å². The molecule has 5 nitrogen and oxygen atoms in total. The van der Waals surface area contributed by atoms with Gasteiger partial charge in [0.1, 0.15) is 5.75 Å². The van der Waals surface area contributed by atoms with Gasteiger partial charge in [0.2, 0.25) is 0 Å². The molecule has 1 aromatic rings. The van der Waals surface area contributed by atoms with Crippen molar-refractivity contribution in [3.8, 4) is 5.75 Å². The second-order valence-corrected chi connectivity index (χ2v) is 5.50. The summed E-state index contributed by atoms with van der Waals surface area (Å²) in [6.07, 6.45) is 4.45. The highest BCUT2D eigenvalue weighted by Gasteiger charge is 2.19. The molecule has 3 N–H and O–H groups in total. The van der Waals surface area contributed by atoms with Crippen LogP contribution < -0.4 is 10.5 Å². The number of carbonyl (C=O) groups is 1. The van der Waals surface area contributed by atoms with E-state index in [4.69, 9.17) is 15.9 Å². The molecule has 122 valence electrons. The van der Waals surface area contributed by atoms with Crippen LogP contribution >= 0.6 is 12.4 Å². The van der Waals surface area contributed by atoms with Gasteiger partial charge in [-0.15, -0.1) is 12.4 Å². The van der Waals surface area contributed by atoms with Gasteiger partial charge in [-0.05, 0) is 43.7 Å². The third kappa shape index (κ3) is 5.93. The molecule has 0 unspecified atom stereocenters. The van der Waals surface area contributed by atoms with Crippen LogP contribution in [0.15, 0.2) is 30.3 Å². The Morgan fingerprint density at radius 2 is 1.91 bits per heavy atom. The highest BCUT2D eigenvalue weighted by molar-refractivity contribution is 5.85. The van der Waals surface area contributed by atoms with Crippen molar-refractivity contribution in [3.05, 3.63) is 30.3 Å². The van der Waals surface area contributed by atoms with Gasteiger partial charge in [-0.3, -0.25) is 10.2 Å². The second kappa shape index (κ2) is 9.30. The van der Waals surface area contributed by atoms with Gasteiger partial charge in [-0.2, -0.15) is 0 Å². The third-order valence-corrected chi connectivity index (χ3v) is 3.92. The number of halogens is 1. The van der Waals surface area contributed by atoms with Gasteiger partial charge in [0.05, 0.1) is 0 Å². The molecule has 0 spiro atoms. The monoisotopic (exact) mass is 325 g/mol. The maximum atomic E-state index is 11.7. The van der Waals surface area contributed by atoms with Crippen molar-refractivity contribution in [1.29, 1.82) is 5.41 Å². The number of guanidine groups is 1. The summed E-state index contributed by atoms with van der Waals surface area (Å²) in [5.74, 6) is 1.24. The topological polar surface area (TPSA) is 79.4 Å². The minimum atomic E-state index is -0.164. The molecular weight excluding hydrogens is 302 g/mol. The van der Waals surface area contributed by atoms with Crippen molar-refractivity contribution in [3.63, 3.8) is 0 Å². The Labute approximate surface area is 137 Å². The SMILES string of the molecule is Cl.N=C(N)N1CCC(CCCC(=O)Oc2ccccc2)CC1. The fourth-order valence-electron chi connectivity index (χ4n) is 2.67. The predicted octanol–water partition coefficient (Wildman–Crippen LogP) is 2.79. The summed E-state index contributed by atoms with van der Waals surface area (Å²) >= 11 is 0. The number of nitrogens with zero attached hydrogens (tertiary/aromatic N) is 1. The second-order valence-electron chi connectivity index (χ2n) is 5.50. The number of piperidine rings is 1. The van der Waals surface area contributed by atoms with E-state index in [9.17, 15) is 4.79 Å². The van der Waals surface area contributed by atoms with Crippen LogP contribution in [0.2, 0.25) is 0 Å². The molecule has 1 aliphatic rings. The van der Waals surface area contributed by atoms with Crippen LogP contribution in [-0.4, -0.2) is 29.9 Å². The number of carbonyl (C=O) groups excluding carboxylic acids is 1. The molecular formula is C16H24ClN3O2. The number of nitrogens with two attached hydrogens (primary N) is 1. The lowest BCUT2D eigenvalue weighted by Gasteiger charge is -2.32. The summed E-state index contributed by atoms with van der Waals surface area (Å²) in [5.41, 5.74) is 5.47. The van der Waals surface area contributed by atoms with Gasteiger partial charge in [-0.1, -0.05) is 18.2 Å². The maximum Gasteiger partial charge on any atom is 0.311 e. The normalized spacial score (nSPS) is 15.0. The molecule has 1 heterocycles. The molecule has 2 rings (SSSR count). The van der Waals surface area contributed by atoms with Crippen molar-refractivity contribution >= 4 is 24.3 Å². The standard InChI is InChI=1S/C16H23N3O2.ClH/c17-16(18)19-11-9-13(10-12-19)5-4-8-15(20)21-14-6-2-1-3-7-14;/h1-3,6-7,13H,4-5,8-12H2,(H3,17,18);1H. The minimum absolute atomic E-state index is 0. The first-order valence-electron chi connectivity index (χ1n) is 7.50. The summed E-state index contributed by atoms with van der Waals surface area (Å²) in [6.45, 7) is 1.71. The molecule has 0 radical (unpaired) electrons. The zero-order valence-electron chi connectivity index (χ0n) is 12.7. The molecule has 0 amide bonds. The van der Waals surface area contributed by atoms with Crippen LogP contribution in [0.4, 0.5) is 0 Å². The number of hydrogen-bond acceptors (Lipinski definition) is 3. The van der Waals surface area contributed by atoms with Crippen LogP contribution in [0.1, 0.15) is 32.1 Å². The number of ether oxygens (including phenoxy) is 1. The molecule has 0 aromatic heterocycles. The Morgan fingerprint density at radius 3 is 2.50 bits per heavy atom. The van der Waals surface area contributed by atoms with E-state index in [0.29, 0.717) is 18.1 Å². The van der Waals surface area contributed by atoms with E-state index in [0.717, 1.165) is 38.8 Å². The number of rotatable bonds is 5. The number of nitrogens with one attached hydrogen (secondary N) is 1. The van der Waals surface area contributed by atoms with Gasteiger partial charge in [0.15, 0.2) is 5.96 Å². The van der Waals surface area contributed by atoms with Crippen molar-refractivity contribution in [2.45, 2.75) is 32.1 Å². The smallest absolute Gasteiger partial charge is 0.311 e. The number of benzene rings is 1. The predicted molar refractivity (Wildman–Crippen MR) is 89.4 cm³/mol. The lowest BCUT2D eigenvalue weighted by Crippen LogP contribution is -2.42. The molecule has 0 aliphatic carbocycles. The Hall–Kier alpha value is -1.75. The van der Waals surface area contributed by atoms with Crippen molar-refractivity contribution in [1.82, 2.24) is 4.90 Å². The van der Waals surface area contributed by atoms with Crippen molar-refractivity contribution in [2.75, 3.05) is 13.1 Å².